The number of hydrogen-bond donors (Lipinski definition) is 2. The van der Waals surface area contributed by atoms with Gasteiger partial charge in [-0.3, -0.25) is 14.8 Å². The number of rotatable bonds is 7. The van der Waals surface area contributed by atoms with Gasteiger partial charge in [-0.05, 0) is 43.7 Å². The fourth-order valence-electron chi connectivity index (χ4n) is 5.31. The number of aryl methyl sites for hydroxylation is 1. The summed E-state index contributed by atoms with van der Waals surface area (Å²) in [6.45, 7) is 2.97. The standard InChI is InChI=1S/C28H27Cl2FN8O/c1-16(25-21(29)13-33-14-22(25)30)40-19-3-4-24-20(10-19)26(37-36-24)17-9-23(31)27(34-12-17)39-8-6-28(32,15-39)11-18-5-7-35-38(18)2/h3-5,7,9-10,12-14,16H,6,8,11,15,32H2,1-2H3,(H,36,37)/t16-,28-/m1/s1. The molecule has 5 heterocycles. The van der Waals surface area contributed by atoms with E-state index >= 15 is 4.39 Å². The minimum absolute atomic E-state index is 0.282. The molecule has 4 aromatic heterocycles. The van der Waals surface area contributed by atoms with E-state index in [1.165, 1.54) is 18.5 Å². The summed E-state index contributed by atoms with van der Waals surface area (Å²) >= 11 is 12.6. The van der Waals surface area contributed by atoms with Gasteiger partial charge in [0.1, 0.15) is 17.5 Å². The van der Waals surface area contributed by atoms with Gasteiger partial charge in [0.15, 0.2) is 11.6 Å². The maximum Gasteiger partial charge on any atom is 0.166 e. The molecule has 1 aromatic carbocycles. The molecule has 9 nitrogen and oxygen atoms in total. The number of halogens is 3. The Hall–Kier alpha value is -3.73. The van der Waals surface area contributed by atoms with Crippen molar-refractivity contribution in [3.05, 3.63) is 82.2 Å². The zero-order valence-corrected chi connectivity index (χ0v) is 23.4. The van der Waals surface area contributed by atoms with E-state index in [0.717, 1.165) is 23.0 Å². The van der Waals surface area contributed by atoms with Crippen LogP contribution in [0.2, 0.25) is 10.0 Å². The van der Waals surface area contributed by atoms with Gasteiger partial charge in [-0.25, -0.2) is 9.37 Å². The first-order valence-electron chi connectivity index (χ1n) is 12.8. The molecule has 40 heavy (non-hydrogen) atoms. The molecule has 1 saturated heterocycles. The maximum absolute atomic E-state index is 15.5. The number of nitrogens with zero attached hydrogens (tertiary/aromatic N) is 6. The molecule has 3 N–H and O–H groups in total. The van der Waals surface area contributed by atoms with Crippen LogP contribution in [-0.4, -0.2) is 48.6 Å². The summed E-state index contributed by atoms with van der Waals surface area (Å²) in [6.07, 6.45) is 7.40. The van der Waals surface area contributed by atoms with Crippen LogP contribution >= 0.6 is 23.2 Å². The molecular weight excluding hydrogens is 554 g/mol. The molecule has 5 aromatic rings. The molecule has 0 aliphatic carbocycles. The van der Waals surface area contributed by atoms with E-state index in [-0.39, 0.29) is 5.82 Å². The zero-order chi connectivity index (χ0) is 28.0. The first-order chi connectivity index (χ1) is 19.2. The van der Waals surface area contributed by atoms with Crippen molar-refractivity contribution in [3.63, 3.8) is 0 Å². The quantitative estimate of drug-likeness (QED) is 0.262. The van der Waals surface area contributed by atoms with Gasteiger partial charge in [0, 0.05) is 79.1 Å². The van der Waals surface area contributed by atoms with Gasteiger partial charge in [0.25, 0.3) is 0 Å². The van der Waals surface area contributed by atoms with Crippen LogP contribution in [0.1, 0.15) is 30.7 Å². The SMILES string of the molecule is C[C@@H](Oc1ccc2[nH]nc(-c3cnc(N4CC[C@@](N)(Cc5ccnn5C)C4)c(F)c3)c2c1)c1c(Cl)cncc1Cl. The summed E-state index contributed by atoms with van der Waals surface area (Å²) < 4.78 is 23.4. The van der Waals surface area contributed by atoms with Gasteiger partial charge in [-0.2, -0.15) is 10.2 Å². The molecular formula is C28H27Cl2FN8O. The number of hydrogen-bond acceptors (Lipinski definition) is 7. The lowest BCUT2D eigenvalue weighted by Crippen LogP contribution is -2.45. The molecule has 206 valence electrons. The van der Waals surface area contributed by atoms with Crippen LogP contribution in [0.5, 0.6) is 5.75 Å². The molecule has 1 aliphatic rings. The molecule has 0 amide bonds. The van der Waals surface area contributed by atoms with Crippen molar-refractivity contribution < 1.29 is 9.13 Å². The van der Waals surface area contributed by atoms with E-state index in [1.54, 1.807) is 12.4 Å². The van der Waals surface area contributed by atoms with Crippen LogP contribution in [-0.2, 0) is 13.5 Å². The summed E-state index contributed by atoms with van der Waals surface area (Å²) in [5.74, 6) is 0.438. The number of nitrogens with one attached hydrogen (secondary N) is 1. The van der Waals surface area contributed by atoms with E-state index < -0.39 is 17.5 Å². The second-order valence-electron chi connectivity index (χ2n) is 10.2. The average Bonchev–Trinajstić information content (AvgIpc) is 3.62. The number of aromatic amines is 1. The van der Waals surface area contributed by atoms with E-state index in [4.69, 9.17) is 33.7 Å². The minimum Gasteiger partial charge on any atom is -0.486 e. The maximum atomic E-state index is 15.5. The van der Waals surface area contributed by atoms with Crippen LogP contribution in [0.25, 0.3) is 22.2 Å². The van der Waals surface area contributed by atoms with Crippen LogP contribution in [0.15, 0.2) is 55.1 Å². The Morgan fingerprint density at radius 2 is 1.98 bits per heavy atom. The smallest absolute Gasteiger partial charge is 0.166 e. The van der Waals surface area contributed by atoms with Crippen LogP contribution in [0.4, 0.5) is 10.2 Å². The number of ether oxygens (including phenoxy) is 1. The van der Waals surface area contributed by atoms with Crippen LogP contribution in [0, 0.1) is 5.82 Å². The highest BCUT2D eigenvalue weighted by molar-refractivity contribution is 6.35. The second kappa shape index (κ2) is 10.3. The number of aromatic nitrogens is 6. The lowest BCUT2D eigenvalue weighted by molar-refractivity contribution is 0.227. The van der Waals surface area contributed by atoms with Crippen molar-refractivity contribution >= 4 is 39.9 Å². The lowest BCUT2D eigenvalue weighted by Gasteiger charge is -2.25. The molecule has 6 rings (SSSR count). The predicted octanol–water partition coefficient (Wildman–Crippen LogP) is 5.49. The van der Waals surface area contributed by atoms with Crippen molar-refractivity contribution in [1.29, 1.82) is 0 Å². The lowest BCUT2D eigenvalue weighted by atomic mass is 9.94. The molecule has 1 aliphatic heterocycles. The molecule has 2 atom stereocenters. The fraction of sp³-hybridized carbons (Fsp3) is 0.286. The van der Waals surface area contributed by atoms with E-state index in [2.05, 4.69) is 25.3 Å². The van der Waals surface area contributed by atoms with E-state index in [0.29, 0.717) is 52.1 Å². The minimum atomic E-state index is -0.489. The summed E-state index contributed by atoms with van der Waals surface area (Å²) in [4.78, 5) is 10.4. The van der Waals surface area contributed by atoms with Gasteiger partial charge < -0.3 is 15.4 Å². The normalized spacial score (nSPS) is 18.0. The van der Waals surface area contributed by atoms with Gasteiger partial charge in [0.2, 0.25) is 0 Å². The summed E-state index contributed by atoms with van der Waals surface area (Å²) in [5.41, 5.74) is 9.79. The van der Waals surface area contributed by atoms with Gasteiger partial charge >= 0.3 is 0 Å². The van der Waals surface area contributed by atoms with Crippen molar-refractivity contribution in [3.8, 4) is 17.0 Å². The Morgan fingerprint density at radius 3 is 2.70 bits per heavy atom. The molecule has 0 unspecified atom stereocenters. The predicted molar refractivity (Wildman–Crippen MR) is 153 cm³/mol. The van der Waals surface area contributed by atoms with E-state index in [1.807, 2.05) is 47.8 Å². The monoisotopic (exact) mass is 580 g/mol. The Kier molecular flexibility index (Phi) is 6.85. The van der Waals surface area contributed by atoms with E-state index in [9.17, 15) is 0 Å². The summed E-state index contributed by atoms with van der Waals surface area (Å²) in [7, 11) is 1.89. The molecule has 1 fully saturated rings. The second-order valence-corrected chi connectivity index (χ2v) is 11.1. The highest BCUT2D eigenvalue weighted by atomic mass is 35.5. The first kappa shape index (κ1) is 26.5. The third-order valence-electron chi connectivity index (χ3n) is 7.38. The molecule has 0 saturated carbocycles. The molecule has 0 spiro atoms. The highest BCUT2D eigenvalue weighted by Crippen LogP contribution is 2.36. The van der Waals surface area contributed by atoms with Crippen molar-refractivity contribution in [1.82, 2.24) is 29.9 Å². The Labute approximate surface area is 240 Å². The largest absolute Gasteiger partial charge is 0.486 e. The average molecular weight is 581 g/mol. The van der Waals surface area contributed by atoms with Crippen LogP contribution in [0.3, 0.4) is 0 Å². The topological polar surface area (TPSA) is 111 Å². The third-order valence-corrected chi connectivity index (χ3v) is 7.98. The van der Waals surface area contributed by atoms with Gasteiger partial charge in [-0.1, -0.05) is 23.2 Å². The van der Waals surface area contributed by atoms with Crippen LogP contribution < -0.4 is 15.4 Å². The number of benzene rings is 1. The number of anilines is 1. The molecule has 12 heteroatoms. The first-order valence-corrected chi connectivity index (χ1v) is 13.6. The Morgan fingerprint density at radius 1 is 1.18 bits per heavy atom. The van der Waals surface area contributed by atoms with Crippen molar-refractivity contribution in [2.75, 3.05) is 18.0 Å². The van der Waals surface area contributed by atoms with Gasteiger partial charge in [-0.15, -0.1) is 0 Å². The Bertz CT molecular complexity index is 1680. The third kappa shape index (κ3) is 4.98. The number of nitrogens with two attached hydrogens (primary N) is 1. The number of H-pyrrole nitrogens is 1. The number of fused-ring (bicyclic) bond motifs is 1. The fourth-order valence-corrected chi connectivity index (χ4v) is 5.98. The number of pyridine rings is 2. The van der Waals surface area contributed by atoms with Crippen molar-refractivity contribution in [2.24, 2.45) is 12.8 Å². The molecule has 0 bridgehead atoms. The highest BCUT2D eigenvalue weighted by Gasteiger charge is 2.37. The Balaban J connectivity index is 1.23. The van der Waals surface area contributed by atoms with Gasteiger partial charge in [0.05, 0.1) is 15.6 Å². The summed E-state index contributed by atoms with van der Waals surface area (Å²) in [6, 6.07) is 8.95. The zero-order valence-electron chi connectivity index (χ0n) is 21.9. The van der Waals surface area contributed by atoms with Crippen molar-refractivity contribution in [2.45, 2.75) is 31.4 Å². The summed E-state index contributed by atoms with van der Waals surface area (Å²) in [5, 5.41) is 13.3. The molecule has 0 radical (unpaired) electrons.